The zero-order valence-corrected chi connectivity index (χ0v) is 18.4. The molecule has 2 aromatic heterocycles. The molecule has 9 heteroatoms. The number of rotatable bonds is 4. The highest BCUT2D eigenvalue weighted by Gasteiger charge is 2.27. The van der Waals surface area contributed by atoms with Gasteiger partial charge in [-0.1, -0.05) is 41.4 Å². The Kier molecular flexibility index (Phi) is 5.78. The minimum atomic E-state index is -0.235. The van der Waals surface area contributed by atoms with Gasteiger partial charge in [0.25, 0.3) is 5.91 Å². The molecule has 0 unspecified atom stereocenters. The van der Waals surface area contributed by atoms with Crippen LogP contribution in [0.25, 0.3) is 22.4 Å². The highest BCUT2D eigenvalue weighted by Crippen LogP contribution is 2.28. The Morgan fingerprint density at radius 3 is 2.66 bits per heavy atom. The van der Waals surface area contributed by atoms with Gasteiger partial charge in [-0.25, -0.2) is 0 Å². The third kappa shape index (κ3) is 4.19. The number of hydrogen-bond acceptors (Lipinski definition) is 6. The Morgan fingerprint density at radius 1 is 1.06 bits per heavy atom. The molecule has 1 fully saturated rings. The second kappa shape index (κ2) is 8.86. The Bertz CT molecular complexity index is 1270. The molecule has 2 aromatic carbocycles. The molecule has 2 N–H and O–H groups in total. The molecule has 1 aliphatic rings. The van der Waals surface area contributed by atoms with Crippen molar-refractivity contribution < 1.29 is 9.21 Å². The lowest BCUT2D eigenvalue weighted by Crippen LogP contribution is -2.46. The SMILES string of the molecule is O=C(N[C@H]1CC[C@H](c2nnc(-c3ccc(Cl)cc3)o2)NC1)c1cnc2ccccc2c1Cl. The van der Waals surface area contributed by atoms with Crippen LogP contribution in [0.15, 0.2) is 59.1 Å². The maximum absolute atomic E-state index is 12.8. The van der Waals surface area contributed by atoms with Gasteiger partial charge in [-0.05, 0) is 43.2 Å². The molecule has 32 heavy (non-hydrogen) atoms. The average Bonchev–Trinajstić information content (AvgIpc) is 3.31. The van der Waals surface area contributed by atoms with Crippen molar-refractivity contribution in [2.45, 2.75) is 24.9 Å². The minimum Gasteiger partial charge on any atom is -0.419 e. The molecule has 0 saturated carbocycles. The Hall–Kier alpha value is -3.00. The largest absolute Gasteiger partial charge is 0.419 e. The van der Waals surface area contributed by atoms with Crippen LogP contribution in [0.2, 0.25) is 10.0 Å². The van der Waals surface area contributed by atoms with E-state index in [4.69, 9.17) is 27.6 Å². The molecule has 0 bridgehead atoms. The Labute approximate surface area is 194 Å². The second-order valence-corrected chi connectivity index (χ2v) is 8.48. The van der Waals surface area contributed by atoms with Crippen LogP contribution in [0.3, 0.4) is 0 Å². The van der Waals surface area contributed by atoms with Gasteiger partial charge in [0, 0.05) is 34.8 Å². The number of para-hydroxylation sites is 1. The molecule has 7 nitrogen and oxygen atoms in total. The van der Waals surface area contributed by atoms with E-state index < -0.39 is 0 Å². The van der Waals surface area contributed by atoms with Crippen molar-refractivity contribution in [2.75, 3.05) is 6.54 Å². The molecule has 5 rings (SSSR count). The van der Waals surface area contributed by atoms with E-state index in [1.807, 2.05) is 36.4 Å². The van der Waals surface area contributed by atoms with E-state index in [-0.39, 0.29) is 18.0 Å². The highest BCUT2D eigenvalue weighted by molar-refractivity contribution is 6.38. The van der Waals surface area contributed by atoms with Crippen LogP contribution < -0.4 is 10.6 Å². The summed E-state index contributed by atoms with van der Waals surface area (Å²) in [5, 5.41) is 16.6. The van der Waals surface area contributed by atoms with Gasteiger partial charge in [-0.15, -0.1) is 10.2 Å². The summed E-state index contributed by atoms with van der Waals surface area (Å²) in [4.78, 5) is 17.1. The van der Waals surface area contributed by atoms with Gasteiger partial charge in [-0.3, -0.25) is 9.78 Å². The third-order valence-corrected chi connectivity index (χ3v) is 6.19. The highest BCUT2D eigenvalue weighted by atomic mass is 35.5. The molecule has 2 atom stereocenters. The quantitative estimate of drug-likeness (QED) is 0.447. The number of carbonyl (C=O) groups excluding carboxylic acids is 1. The first kappa shape index (κ1) is 20.9. The standard InChI is InChI=1S/C23H19Cl2N5O2/c24-14-7-5-13(6-8-14)22-29-30-23(32-22)19-10-9-15(11-26-19)28-21(31)17-12-27-18-4-2-1-3-16(18)20(17)25/h1-8,12,15,19,26H,9-11H2,(H,28,31)/t15-,19+/m0/s1. The fourth-order valence-electron chi connectivity index (χ4n) is 3.80. The zero-order chi connectivity index (χ0) is 22.1. The molecule has 1 aliphatic heterocycles. The summed E-state index contributed by atoms with van der Waals surface area (Å²) in [5.74, 6) is 0.746. The van der Waals surface area contributed by atoms with E-state index >= 15 is 0 Å². The average molecular weight is 468 g/mol. The molecule has 1 amide bonds. The summed E-state index contributed by atoms with van der Waals surface area (Å²) in [6.45, 7) is 0.577. The maximum Gasteiger partial charge on any atom is 0.254 e. The van der Waals surface area contributed by atoms with Crippen LogP contribution in [-0.4, -0.2) is 33.7 Å². The number of hydrogen-bond donors (Lipinski definition) is 2. The van der Waals surface area contributed by atoms with E-state index in [1.54, 1.807) is 12.1 Å². The third-order valence-electron chi connectivity index (χ3n) is 5.53. The van der Waals surface area contributed by atoms with Gasteiger partial charge in [-0.2, -0.15) is 0 Å². The number of nitrogens with one attached hydrogen (secondary N) is 2. The van der Waals surface area contributed by atoms with Crippen molar-refractivity contribution in [1.82, 2.24) is 25.8 Å². The number of pyridine rings is 1. The predicted molar refractivity (Wildman–Crippen MR) is 123 cm³/mol. The predicted octanol–water partition coefficient (Wildman–Crippen LogP) is 4.81. The molecule has 0 aliphatic carbocycles. The first-order chi connectivity index (χ1) is 15.6. The van der Waals surface area contributed by atoms with Crippen molar-refractivity contribution in [3.05, 3.63) is 76.2 Å². The molecular formula is C23H19Cl2N5O2. The zero-order valence-electron chi connectivity index (χ0n) is 16.9. The van der Waals surface area contributed by atoms with E-state index in [0.717, 1.165) is 29.3 Å². The first-order valence-corrected chi connectivity index (χ1v) is 11.0. The summed E-state index contributed by atoms with van der Waals surface area (Å²) >= 11 is 12.4. The molecule has 3 heterocycles. The van der Waals surface area contributed by atoms with Crippen LogP contribution in [0.1, 0.15) is 35.1 Å². The number of piperidine rings is 1. The molecule has 1 saturated heterocycles. The van der Waals surface area contributed by atoms with Gasteiger partial charge in [0.15, 0.2) is 0 Å². The monoisotopic (exact) mass is 467 g/mol. The lowest BCUT2D eigenvalue weighted by molar-refractivity contribution is 0.0926. The Morgan fingerprint density at radius 2 is 1.88 bits per heavy atom. The number of halogens is 2. The Balaban J connectivity index is 1.21. The first-order valence-electron chi connectivity index (χ1n) is 10.3. The van der Waals surface area contributed by atoms with E-state index in [2.05, 4.69) is 25.8 Å². The van der Waals surface area contributed by atoms with Crippen molar-refractivity contribution in [3.63, 3.8) is 0 Å². The lowest BCUT2D eigenvalue weighted by Gasteiger charge is -2.28. The number of benzene rings is 2. The van der Waals surface area contributed by atoms with E-state index in [0.29, 0.717) is 33.9 Å². The normalized spacial score (nSPS) is 18.6. The smallest absolute Gasteiger partial charge is 0.254 e. The number of amides is 1. The van der Waals surface area contributed by atoms with Crippen LogP contribution in [0.4, 0.5) is 0 Å². The van der Waals surface area contributed by atoms with E-state index in [9.17, 15) is 4.79 Å². The molecule has 0 spiro atoms. The lowest BCUT2D eigenvalue weighted by atomic mass is 10.0. The number of fused-ring (bicyclic) bond motifs is 1. The number of aromatic nitrogens is 3. The summed E-state index contributed by atoms with van der Waals surface area (Å²) in [6, 6.07) is 14.6. The molecular weight excluding hydrogens is 449 g/mol. The number of nitrogens with zero attached hydrogens (tertiary/aromatic N) is 3. The second-order valence-electron chi connectivity index (χ2n) is 7.66. The van der Waals surface area contributed by atoms with Crippen LogP contribution in [-0.2, 0) is 0 Å². The summed E-state index contributed by atoms with van der Waals surface area (Å²) < 4.78 is 5.85. The summed E-state index contributed by atoms with van der Waals surface area (Å²) in [7, 11) is 0. The van der Waals surface area contributed by atoms with Gasteiger partial charge >= 0.3 is 0 Å². The van der Waals surface area contributed by atoms with Gasteiger partial charge in [0.1, 0.15) is 0 Å². The summed E-state index contributed by atoms with van der Waals surface area (Å²) in [6.07, 6.45) is 3.04. The van der Waals surface area contributed by atoms with Gasteiger partial charge in [0.2, 0.25) is 11.8 Å². The van der Waals surface area contributed by atoms with Crippen molar-refractivity contribution in [3.8, 4) is 11.5 Å². The van der Waals surface area contributed by atoms with E-state index in [1.165, 1.54) is 6.20 Å². The topological polar surface area (TPSA) is 92.9 Å². The van der Waals surface area contributed by atoms with Crippen molar-refractivity contribution in [2.24, 2.45) is 0 Å². The molecule has 4 aromatic rings. The number of carbonyl (C=O) groups is 1. The van der Waals surface area contributed by atoms with Gasteiger partial charge < -0.3 is 15.1 Å². The van der Waals surface area contributed by atoms with Crippen LogP contribution >= 0.6 is 23.2 Å². The van der Waals surface area contributed by atoms with Crippen LogP contribution in [0, 0.1) is 0 Å². The minimum absolute atomic E-state index is 0.0417. The summed E-state index contributed by atoms with van der Waals surface area (Å²) in [5.41, 5.74) is 1.95. The van der Waals surface area contributed by atoms with Gasteiger partial charge in [0.05, 0.1) is 22.1 Å². The fraction of sp³-hybridized carbons (Fsp3) is 0.217. The fourth-order valence-corrected chi connectivity index (χ4v) is 4.22. The van der Waals surface area contributed by atoms with Crippen LogP contribution in [0.5, 0.6) is 0 Å². The molecule has 162 valence electrons. The maximum atomic E-state index is 12.8. The van der Waals surface area contributed by atoms with Crippen molar-refractivity contribution in [1.29, 1.82) is 0 Å². The molecule has 0 radical (unpaired) electrons. The van der Waals surface area contributed by atoms with Crippen molar-refractivity contribution >= 4 is 40.0 Å².